The minimum absolute atomic E-state index is 0.538. The molecule has 0 aromatic heterocycles. The van der Waals surface area contributed by atoms with Crippen LogP contribution in [-0.2, 0) is 0 Å². The molecule has 0 saturated heterocycles. The van der Waals surface area contributed by atoms with E-state index in [1.54, 1.807) is 0 Å². The minimum Gasteiger partial charge on any atom is -0.0858 e. The fourth-order valence-electron chi connectivity index (χ4n) is 1.52. The molecular weight excluding hydrogens is 124 g/mol. The first-order valence-corrected chi connectivity index (χ1v) is 4.62. The van der Waals surface area contributed by atoms with Crippen molar-refractivity contribution in [3.05, 3.63) is 12.2 Å². The Hall–Kier alpha value is -0.0431. The Kier molecular flexibility index (Phi) is 0.851. The van der Waals surface area contributed by atoms with E-state index < -0.39 is 0 Å². The fourth-order valence-corrected chi connectivity index (χ4v) is 3.51. The standard InChI is InChI=1S/C8H12Si/c1-7(2)3-4-8(9-7)5-6-8/h3-4H,5-6H2,1-2H3. The van der Waals surface area contributed by atoms with Gasteiger partial charge in [0.25, 0.3) is 0 Å². The van der Waals surface area contributed by atoms with E-state index in [-0.39, 0.29) is 0 Å². The zero-order chi connectivity index (χ0) is 6.54. The van der Waals surface area contributed by atoms with Gasteiger partial charge in [-0.3, -0.25) is 0 Å². The van der Waals surface area contributed by atoms with Crippen LogP contribution in [0.3, 0.4) is 0 Å². The smallest absolute Gasteiger partial charge is 0.0627 e. The molecule has 1 aliphatic heterocycles. The van der Waals surface area contributed by atoms with Gasteiger partial charge in [-0.05, 0) is 22.9 Å². The third-order valence-corrected chi connectivity index (χ3v) is 4.15. The van der Waals surface area contributed by atoms with Gasteiger partial charge in [0.2, 0.25) is 0 Å². The lowest BCUT2D eigenvalue weighted by Gasteiger charge is -2.14. The summed E-state index contributed by atoms with van der Waals surface area (Å²) in [7, 11) is 1.16. The van der Waals surface area contributed by atoms with Crippen molar-refractivity contribution in [1.82, 2.24) is 0 Å². The molecule has 0 unspecified atom stereocenters. The molecule has 0 atom stereocenters. The van der Waals surface area contributed by atoms with Crippen LogP contribution in [0.4, 0.5) is 0 Å². The summed E-state index contributed by atoms with van der Waals surface area (Å²) in [5.41, 5.74) is 0. The lowest BCUT2D eigenvalue weighted by Crippen LogP contribution is -2.08. The maximum Gasteiger partial charge on any atom is 0.0627 e. The number of hydrogen-bond acceptors (Lipinski definition) is 0. The second-order valence-electron chi connectivity index (χ2n) is 3.84. The Morgan fingerprint density at radius 2 is 1.89 bits per heavy atom. The maximum atomic E-state index is 2.45. The molecule has 0 aromatic rings. The van der Waals surface area contributed by atoms with Gasteiger partial charge in [-0.2, -0.15) is 0 Å². The van der Waals surface area contributed by atoms with Crippen LogP contribution < -0.4 is 0 Å². The quantitative estimate of drug-likeness (QED) is 0.354. The molecule has 2 aliphatic rings. The molecule has 0 amide bonds. The molecule has 48 valence electrons. The Bertz CT molecular complexity index is 157. The van der Waals surface area contributed by atoms with Gasteiger partial charge in [0.15, 0.2) is 0 Å². The molecular formula is C8H12Si. The van der Waals surface area contributed by atoms with E-state index in [1.165, 1.54) is 12.8 Å². The molecule has 2 rings (SSSR count). The molecule has 1 saturated carbocycles. The molecule has 0 nitrogen and oxygen atoms in total. The van der Waals surface area contributed by atoms with Crippen molar-refractivity contribution < 1.29 is 0 Å². The van der Waals surface area contributed by atoms with Gasteiger partial charge in [-0.25, -0.2) is 0 Å². The first-order chi connectivity index (χ1) is 4.12. The lowest BCUT2D eigenvalue weighted by atomic mass is 10.2. The minimum atomic E-state index is 0.538. The van der Waals surface area contributed by atoms with Crippen molar-refractivity contribution in [2.75, 3.05) is 0 Å². The lowest BCUT2D eigenvalue weighted by molar-refractivity contribution is 0.854. The molecule has 0 N–H and O–H groups in total. The molecule has 1 heteroatoms. The van der Waals surface area contributed by atoms with Gasteiger partial charge in [0.1, 0.15) is 0 Å². The van der Waals surface area contributed by atoms with E-state index in [0.717, 1.165) is 14.6 Å². The van der Waals surface area contributed by atoms with E-state index >= 15 is 0 Å². The summed E-state index contributed by atoms with van der Waals surface area (Å²) in [5, 5.41) is 1.26. The first kappa shape index (κ1) is 5.72. The van der Waals surface area contributed by atoms with Crippen molar-refractivity contribution in [2.24, 2.45) is 0 Å². The average Bonchev–Trinajstić information content (AvgIpc) is 2.36. The van der Waals surface area contributed by atoms with E-state index in [1.807, 2.05) is 0 Å². The third kappa shape index (κ3) is 0.876. The van der Waals surface area contributed by atoms with Crippen LogP contribution >= 0.6 is 0 Å². The van der Waals surface area contributed by atoms with Crippen molar-refractivity contribution in [3.8, 4) is 0 Å². The highest BCUT2D eigenvalue weighted by molar-refractivity contribution is 6.48. The zero-order valence-corrected chi connectivity index (χ0v) is 7.07. The van der Waals surface area contributed by atoms with Gasteiger partial charge >= 0.3 is 0 Å². The van der Waals surface area contributed by atoms with Crippen LogP contribution in [0.25, 0.3) is 0 Å². The number of rotatable bonds is 0. The predicted molar refractivity (Wildman–Crippen MR) is 40.9 cm³/mol. The van der Waals surface area contributed by atoms with Crippen LogP contribution in [0, 0.1) is 0 Å². The van der Waals surface area contributed by atoms with Gasteiger partial charge in [0.05, 0.1) is 9.52 Å². The van der Waals surface area contributed by atoms with E-state index in [9.17, 15) is 0 Å². The summed E-state index contributed by atoms with van der Waals surface area (Å²) >= 11 is 0. The highest BCUT2D eigenvalue weighted by Crippen LogP contribution is 2.62. The highest BCUT2D eigenvalue weighted by atomic mass is 28.2. The topological polar surface area (TPSA) is 0 Å². The Balaban J connectivity index is 2.19. The molecule has 2 radical (unpaired) electrons. The summed E-state index contributed by atoms with van der Waals surface area (Å²) < 4.78 is 0. The van der Waals surface area contributed by atoms with E-state index in [2.05, 4.69) is 26.0 Å². The molecule has 1 heterocycles. The van der Waals surface area contributed by atoms with Crippen LogP contribution in [0.15, 0.2) is 12.2 Å². The van der Waals surface area contributed by atoms with Gasteiger partial charge in [-0.1, -0.05) is 26.0 Å². The second kappa shape index (κ2) is 1.34. The molecule has 0 bridgehead atoms. The van der Waals surface area contributed by atoms with Crippen LogP contribution in [0.2, 0.25) is 10.1 Å². The van der Waals surface area contributed by atoms with Crippen LogP contribution in [0.1, 0.15) is 26.7 Å². The maximum absolute atomic E-state index is 2.45. The Labute approximate surface area is 59.2 Å². The highest BCUT2D eigenvalue weighted by Gasteiger charge is 2.47. The summed E-state index contributed by atoms with van der Waals surface area (Å²) in [4.78, 5) is 0. The summed E-state index contributed by atoms with van der Waals surface area (Å²) in [6.07, 6.45) is 7.78. The molecule has 0 aromatic carbocycles. The van der Waals surface area contributed by atoms with Crippen LogP contribution in [-0.4, -0.2) is 9.52 Å². The average molecular weight is 136 g/mol. The van der Waals surface area contributed by atoms with Crippen molar-refractivity contribution in [1.29, 1.82) is 0 Å². The zero-order valence-electron chi connectivity index (χ0n) is 6.07. The van der Waals surface area contributed by atoms with Gasteiger partial charge in [0, 0.05) is 0 Å². The van der Waals surface area contributed by atoms with Crippen molar-refractivity contribution in [3.63, 3.8) is 0 Å². The SMILES string of the molecule is CC1(C)C=CC2(CC2)[Si]1. The first-order valence-electron chi connectivity index (χ1n) is 3.62. The van der Waals surface area contributed by atoms with Crippen molar-refractivity contribution >= 4 is 9.52 Å². The fraction of sp³-hybridized carbons (Fsp3) is 0.750. The van der Waals surface area contributed by atoms with Gasteiger partial charge in [-0.15, -0.1) is 0 Å². The predicted octanol–water partition coefficient (Wildman–Crippen LogP) is 2.41. The second-order valence-corrected chi connectivity index (χ2v) is 6.37. The molecule has 1 aliphatic carbocycles. The Morgan fingerprint density at radius 1 is 1.22 bits per heavy atom. The van der Waals surface area contributed by atoms with E-state index in [0.29, 0.717) is 5.04 Å². The third-order valence-electron chi connectivity index (χ3n) is 2.18. The molecule has 1 fully saturated rings. The normalized spacial score (nSPS) is 33.6. The largest absolute Gasteiger partial charge is 0.0858 e. The van der Waals surface area contributed by atoms with Crippen LogP contribution in [0.5, 0.6) is 0 Å². The molecule has 9 heavy (non-hydrogen) atoms. The number of hydrogen-bond donors (Lipinski definition) is 0. The molecule has 1 spiro atoms. The van der Waals surface area contributed by atoms with Crippen molar-refractivity contribution in [2.45, 2.75) is 36.8 Å². The Morgan fingerprint density at radius 3 is 2.11 bits per heavy atom. The monoisotopic (exact) mass is 136 g/mol. The summed E-state index contributed by atoms with van der Waals surface area (Å²) in [6, 6.07) is 0. The van der Waals surface area contributed by atoms with E-state index in [4.69, 9.17) is 0 Å². The summed E-state index contributed by atoms with van der Waals surface area (Å²) in [5.74, 6) is 0. The van der Waals surface area contributed by atoms with Gasteiger partial charge < -0.3 is 0 Å². The number of allylic oxidation sites excluding steroid dienone is 2. The summed E-state index contributed by atoms with van der Waals surface area (Å²) in [6.45, 7) is 4.68.